The van der Waals surface area contributed by atoms with E-state index in [1.165, 1.54) is 38.8 Å². The zero-order chi connectivity index (χ0) is 14.6. The summed E-state index contributed by atoms with van der Waals surface area (Å²) in [6, 6.07) is 0.698. The van der Waals surface area contributed by atoms with Gasteiger partial charge in [-0.25, -0.2) is 0 Å². The van der Waals surface area contributed by atoms with Crippen LogP contribution in [0.5, 0.6) is 0 Å². The average Bonchev–Trinajstić information content (AvgIpc) is 2.48. The van der Waals surface area contributed by atoms with Crippen LogP contribution >= 0.6 is 0 Å². The fourth-order valence-corrected chi connectivity index (χ4v) is 3.85. The number of ether oxygens (including phenoxy) is 1. The Morgan fingerprint density at radius 1 is 1.20 bits per heavy atom. The molecule has 0 aromatic heterocycles. The second-order valence-corrected chi connectivity index (χ2v) is 7.16. The molecule has 3 heteroatoms. The smallest absolute Gasteiger partial charge is 0.0469 e. The minimum absolute atomic E-state index is 0.344. The van der Waals surface area contributed by atoms with Gasteiger partial charge in [0.1, 0.15) is 0 Å². The van der Waals surface area contributed by atoms with Crippen molar-refractivity contribution in [2.75, 3.05) is 32.8 Å². The molecule has 0 aliphatic carbocycles. The predicted molar refractivity (Wildman–Crippen MR) is 85.1 cm³/mol. The Morgan fingerprint density at radius 2 is 1.85 bits per heavy atom. The Kier molecular flexibility index (Phi) is 5.88. The van der Waals surface area contributed by atoms with E-state index in [0.717, 1.165) is 31.6 Å². The van der Waals surface area contributed by atoms with Gasteiger partial charge in [0.25, 0.3) is 0 Å². The predicted octanol–water partition coefficient (Wildman–Crippen LogP) is 2.90. The molecule has 0 aromatic carbocycles. The fraction of sp³-hybridized carbons (Fsp3) is 1.00. The SMILES string of the molecule is CCC1(CC)CN(CC2CCOCC2)C(C(C)C)CN1. The molecule has 2 aliphatic heterocycles. The zero-order valence-electron chi connectivity index (χ0n) is 14.0. The number of nitrogens with one attached hydrogen (secondary N) is 1. The molecule has 0 bridgehead atoms. The molecular formula is C17H34N2O. The van der Waals surface area contributed by atoms with E-state index >= 15 is 0 Å². The Hall–Kier alpha value is -0.120. The van der Waals surface area contributed by atoms with Crippen molar-refractivity contribution in [1.29, 1.82) is 0 Å². The molecule has 1 N–H and O–H groups in total. The zero-order valence-corrected chi connectivity index (χ0v) is 14.0. The number of hydrogen-bond donors (Lipinski definition) is 1. The third-order valence-corrected chi connectivity index (χ3v) is 5.62. The van der Waals surface area contributed by atoms with Gasteiger partial charge in [-0.3, -0.25) is 4.90 Å². The van der Waals surface area contributed by atoms with Crippen LogP contribution < -0.4 is 5.32 Å². The Balaban J connectivity index is 2.02. The van der Waals surface area contributed by atoms with Crippen LogP contribution in [0.4, 0.5) is 0 Å². The van der Waals surface area contributed by atoms with E-state index in [0.29, 0.717) is 11.6 Å². The van der Waals surface area contributed by atoms with Gasteiger partial charge in [0.2, 0.25) is 0 Å². The number of rotatable bonds is 5. The molecule has 2 saturated heterocycles. The van der Waals surface area contributed by atoms with Gasteiger partial charge in [-0.15, -0.1) is 0 Å². The highest BCUT2D eigenvalue weighted by Crippen LogP contribution is 2.28. The summed E-state index contributed by atoms with van der Waals surface area (Å²) in [5.74, 6) is 1.57. The highest BCUT2D eigenvalue weighted by atomic mass is 16.5. The Bertz CT molecular complexity index is 283. The van der Waals surface area contributed by atoms with Gasteiger partial charge in [-0.1, -0.05) is 27.7 Å². The number of piperazine rings is 1. The molecule has 2 fully saturated rings. The molecule has 2 heterocycles. The van der Waals surface area contributed by atoms with Crippen LogP contribution in [0.2, 0.25) is 0 Å². The van der Waals surface area contributed by atoms with E-state index < -0.39 is 0 Å². The van der Waals surface area contributed by atoms with E-state index in [9.17, 15) is 0 Å². The summed E-state index contributed by atoms with van der Waals surface area (Å²) in [5.41, 5.74) is 0.344. The standard InChI is InChI=1S/C17H34N2O/c1-5-17(6-2)13-19(16(11-18-17)14(3)4)12-15-7-9-20-10-8-15/h14-16,18H,5-13H2,1-4H3. The summed E-state index contributed by atoms with van der Waals surface area (Å²) in [6.45, 7) is 15.0. The summed E-state index contributed by atoms with van der Waals surface area (Å²) in [7, 11) is 0. The molecule has 2 aliphatic rings. The van der Waals surface area contributed by atoms with Crippen LogP contribution in [0.25, 0.3) is 0 Å². The van der Waals surface area contributed by atoms with Crippen molar-refractivity contribution < 1.29 is 4.74 Å². The maximum atomic E-state index is 5.52. The molecule has 0 amide bonds. The molecule has 118 valence electrons. The maximum absolute atomic E-state index is 5.52. The Labute approximate surface area is 125 Å². The summed E-state index contributed by atoms with van der Waals surface area (Å²) in [4.78, 5) is 2.80. The monoisotopic (exact) mass is 282 g/mol. The van der Waals surface area contributed by atoms with Crippen molar-refractivity contribution in [2.45, 2.75) is 65.0 Å². The van der Waals surface area contributed by atoms with Crippen LogP contribution in [-0.4, -0.2) is 49.3 Å². The van der Waals surface area contributed by atoms with Gasteiger partial charge in [0.05, 0.1) is 0 Å². The van der Waals surface area contributed by atoms with Crippen molar-refractivity contribution >= 4 is 0 Å². The lowest BCUT2D eigenvalue weighted by Crippen LogP contribution is -2.65. The van der Waals surface area contributed by atoms with Crippen molar-refractivity contribution in [3.8, 4) is 0 Å². The van der Waals surface area contributed by atoms with Gasteiger partial charge in [-0.2, -0.15) is 0 Å². The van der Waals surface area contributed by atoms with Gasteiger partial charge >= 0.3 is 0 Å². The molecule has 1 unspecified atom stereocenters. The third-order valence-electron chi connectivity index (χ3n) is 5.62. The normalized spacial score (nSPS) is 28.9. The molecule has 0 aromatic rings. The lowest BCUT2D eigenvalue weighted by molar-refractivity contribution is 0.00854. The van der Waals surface area contributed by atoms with Gasteiger partial charge in [-0.05, 0) is 37.5 Å². The molecule has 3 nitrogen and oxygen atoms in total. The summed E-state index contributed by atoms with van der Waals surface area (Å²) in [5, 5.41) is 3.86. The minimum atomic E-state index is 0.344. The first-order valence-electron chi connectivity index (χ1n) is 8.67. The molecule has 0 radical (unpaired) electrons. The first kappa shape index (κ1) is 16.3. The van der Waals surface area contributed by atoms with Crippen LogP contribution in [0.3, 0.4) is 0 Å². The highest BCUT2D eigenvalue weighted by Gasteiger charge is 2.38. The summed E-state index contributed by atoms with van der Waals surface area (Å²) in [6.07, 6.45) is 4.97. The lowest BCUT2D eigenvalue weighted by Gasteiger charge is -2.50. The van der Waals surface area contributed by atoms with E-state index in [1.807, 2.05) is 0 Å². The van der Waals surface area contributed by atoms with Gasteiger partial charge < -0.3 is 10.1 Å². The minimum Gasteiger partial charge on any atom is -0.381 e. The largest absolute Gasteiger partial charge is 0.381 e. The second-order valence-electron chi connectivity index (χ2n) is 7.16. The van der Waals surface area contributed by atoms with E-state index in [1.54, 1.807) is 0 Å². The van der Waals surface area contributed by atoms with E-state index in [2.05, 4.69) is 37.9 Å². The van der Waals surface area contributed by atoms with Gasteiger partial charge in [0, 0.05) is 44.4 Å². The molecule has 2 rings (SSSR count). The Morgan fingerprint density at radius 3 is 2.40 bits per heavy atom. The quantitative estimate of drug-likeness (QED) is 0.839. The van der Waals surface area contributed by atoms with Crippen LogP contribution in [0.1, 0.15) is 53.4 Å². The number of nitrogens with zero attached hydrogens (tertiary/aromatic N) is 1. The molecular weight excluding hydrogens is 248 g/mol. The lowest BCUT2D eigenvalue weighted by atomic mass is 9.85. The molecule has 0 saturated carbocycles. The highest BCUT2D eigenvalue weighted by molar-refractivity contribution is 4.98. The first-order valence-corrected chi connectivity index (χ1v) is 8.67. The number of hydrogen-bond acceptors (Lipinski definition) is 3. The fourth-order valence-electron chi connectivity index (χ4n) is 3.85. The van der Waals surface area contributed by atoms with Crippen LogP contribution in [-0.2, 0) is 4.74 Å². The summed E-state index contributed by atoms with van der Waals surface area (Å²) < 4.78 is 5.52. The average molecular weight is 282 g/mol. The van der Waals surface area contributed by atoms with Crippen molar-refractivity contribution in [1.82, 2.24) is 10.2 Å². The topological polar surface area (TPSA) is 24.5 Å². The second kappa shape index (κ2) is 7.24. The van der Waals surface area contributed by atoms with E-state index in [4.69, 9.17) is 4.74 Å². The first-order chi connectivity index (χ1) is 9.60. The summed E-state index contributed by atoms with van der Waals surface area (Å²) >= 11 is 0. The molecule has 20 heavy (non-hydrogen) atoms. The van der Waals surface area contributed by atoms with Crippen LogP contribution in [0.15, 0.2) is 0 Å². The molecule has 0 spiro atoms. The third kappa shape index (κ3) is 3.75. The molecule has 1 atom stereocenters. The van der Waals surface area contributed by atoms with E-state index in [-0.39, 0.29) is 0 Å². The van der Waals surface area contributed by atoms with Crippen molar-refractivity contribution in [3.05, 3.63) is 0 Å². The van der Waals surface area contributed by atoms with Gasteiger partial charge in [0.15, 0.2) is 0 Å². The maximum Gasteiger partial charge on any atom is 0.0469 e. The van der Waals surface area contributed by atoms with Crippen molar-refractivity contribution in [2.24, 2.45) is 11.8 Å². The van der Waals surface area contributed by atoms with Crippen molar-refractivity contribution in [3.63, 3.8) is 0 Å². The van der Waals surface area contributed by atoms with Crippen LogP contribution in [0, 0.1) is 11.8 Å².